The molecule has 0 saturated heterocycles. The standard InChI is InChI=1S/C19H24N2O3S/c1-11(2)10-15-16(25-12(3)20-15)17(22)21-14-8-6-13(7-9-14)19(4,5)18(23)24/h6-9,11H,10H2,1-5H3,(H,21,22)(H,23,24). The maximum atomic E-state index is 12.6. The molecule has 0 aliphatic rings. The van der Waals surface area contributed by atoms with Crippen molar-refractivity contribution in [2.24, 2.45) is 5.92 Å². The average Bonchev–Trinajstić information content (AvgIpc) is 2.87. The molecule has 0 aliphatic heterocycles. The Hall–Kier alpha value is -2.21. The lowest BCUT2D eigenvalue weighted by molar-refractivity contribution is -0.142. The van der Waals surface area contributed by atoms with E-state index in [1.807, 2.05) is 6.92 Å². The summed E-state index contributed by atoms with van der Waals surface area (Å²) >= 11 is 1.39. The van der Waals surface area contributed by atoms with E-state index in [1.54, 1.807) is 38.1 Å². The highest BCUT2D eigenvalue weighted by Crippen LogP contribution is 2.26. The molecule has 0 aliphatic carbocycles. The third kappa shape index (κ3) is 4.45. The van der Waals surface area contributed by atoms with Crippen LogP contribution >= 0.6 is 11.3 Å². The number of carboxylic acids is 1. The predicted molar refractivity (Wildman–Crippen MR) is 100 cm³/mol. The lowest BCUT2D eigenvalue weighted by atomic mass is 9.85. The van der Waals surface area contributed by atoms with Gasteiger partial charge >= 0.3 is 5.97 Å². The molecule has 2 rings (SSSR count). The number of carbonyl (C=O) groups is 2. The first kappa shape index (κ1) is 19.1. The Morgan fingerprint density at radius 2 is 1.84 bits per heavy atom. The maximum Gasteiger partial charge on any atom is 0.313 e. The molecule has 0 radical (unpaired) electrons. The van der Waals surface area contributed by atoms with Crippen LogP contribution < -0.4 is 5.32 Å². The van der Waals surface area contributed by atoms with Gasteiger partial charge in [0, 0.05) is 5.69 Å². The van der Waals surface area contributed by atoms with E-state index in [9.17, 15) is 14.7 Å². The van der Waals surface area contributed by atoms with Crippen molar-refractivity contribution >= 4 is 28.9 Å². The Morgan fingerprint density at radius 1 is 1.24 bits per heavy atom. The van der Waals surface area contributed by atoms with Gasteiger partial charge in [-0.15, -0.1) is 11.3 Å². The van der Waals surface area contributed by atoms with E-state index < -0.39 is 11.4 Å². The van der Waals surface area contributed by atoms with Crippen molar-refractivity contribution in [3.8, 4) is 0 Å². The van der Waals surface area contributed by atoms with Crippen LogP contribution in [-0.2, 0) is 16.6 Å². The second-order valence-corrected chi connectivity index (χ2v) is 8.27. The molecule has 0 saturated carbocycles. The molecule has 1 aromatic heterocycles. The van der Waals surface area contributed by atoms with E-state index in [4.69, 9.17) is 0 Å². The van der Waals surface area contributed by atoms with Crippen LogP contribution in [-0.4, -0.2) is 22.0 Å². The Kier molecular flexibility index (Phi) is 5.62. The highest BCUT2D eigenvalue weighted by Gasteiger charge is 2.29. The average molecular weight is 360 g/mol. The van der Waals surface area contributed by atoms with Crippen LogP contribution in [0.25, 0.3) is 0 Å². The minimum absolute atomic E-state index is 0.175. The molecular weight excluding hydrogens is 336 g/mol. The summed E-state index contributed by atoms with van der Waals surface area (Å²) in [6.07, 6.45) is 0.763. The summed E-state index contributed by atoms with van der Waals surface area (Å²) in [6.45, 7) is 9.40. The molecule has 5 nitrogen and oxygen atoms in total. The van der Waals surface area contributed by atoms with Gasteiger partial charge in [-0.25, -0.2) is 4.98 Å². The second-order valence-electron chi connectivity index (χ2n) is 7.07. The van der Waals surface area contributed by atoms with Crippen molar-refractivity contribution in [3.05, 3.63) is 45.4 Å². The fourth-order valence-corrected chi connectivity index (χ4v) is 3.30. The molecule has 0 bridgehead atoms. The number of thiazole rings is 1. The molecule has 0 fully saturated rings. The first-order chi connectivity index (χ1) is 11.6. The maximum absolute atomic E-state index is 12.6. The number of amides is 1. The summed E-state index contributed by atoms with van der Waals surface area (Å²) in [4.78, 5) is 29.0. The van der Waals surface area contributed by atoms with E-state index >= 15 is 0 Å². The van der Waals surface area contributed by atoms with Crippen LogP contribution in [0.1, 0.15) is 53.6 Å². The number of carboxylic acid groups (broad SMARTS) is 1. The molecule has 2 N–H and O–H groups in total. The molecular formula is C19H24N2O3S. The minimum atomic E-state index is -0.970. The molecule has 134 valence electrons. The Labute approximate surface area is 152 Å². The summed E-state index contributed by atoms with van der Waals surface area (Å²) in [5, 5.41) is 13.0. The third-order valence-electron chi connectivity index (χ3n) is 4.01. The molecule has 25 heavy (non-hydrogen) atoms. The van der Waals surface area contributed by atoms with Crippen molar-refractivity contribution in [2.75, 3.05) is 5.32 Å². The first-order valence-electron chi connectivity index (χ1n) is 8.23. The number of carbonyl (C=O) groups excluding carboxylic acids is 1. The van der Waals surface area contributed by atoms with Crippen LogP contribution in [0.2, 0.25) is 0 Å². The van der Waals surface area contributed by atoms with E-state index in [2.05, 4.69) is 24.1 Å². The van der Waals surface area contributed by atoms with Gasteiger partial charge < -0.3 is 10.4 Å². The lowest BCUT2D eigenvalue weighted by Gasteiger charge is -2.19. The SMILES string of the molecule is Cc1nc(CC(C)C)c(C(=O)Nc2ccc(C(C)(C)C(=O)O)cc2)s1. The van der Waals surface area contributed by atoms with Crippen molar-refractivity contribution < 1.29 is 14.7 Å². The predicted octanol–water partition coefficient (Wildman–Crippen LogP) is 4.26. The van der Waals surface area contributed by atoms with Gasteiger partial charge in [0.15, 0.2) is 0 Å². The van der Waals surface area contributed by atoms with Crippen LogP contribution in [0.3, 0.4) is 0 Å². The van der Waals surface area contributed by atoms with Crippen LogP contribution in [0.15, 0.2) is 24.3 Å². The molecule has 0 spiro atoms. The van der Waals surface area contributed by atoms with Gasteiger partial charge in [0.1, 0.15) is 4.88 Å². The summed E-state index contributed by atoms with van der Waals surface area (Å²) in [6, 6.07) is 6.93. The Morgan fingerprint density at radius 3 is 2.36 bits per heavy atom. The third-order valence-corrected chi connectivity index (χ3v) is 5.02. The zero-order valence-corrected chi connectivity index (χ0v) is 16.0. The largest absolute Gasteiger partial charge is 0.481 e. The van der Waals surface area contributed by atoms with Gasteiger partial charge in [0.05, 0.1) is 16.1 Å². The number of nitrogens with zero attached hydrogens (tertiary/aromatic N) is 1. The van der Waals surface area contributed by atoms with E-state index in [0.717, 1.165) is 17.1 Å². The number of nitrogens with one attached hydrogen (secondary N) is 1. The molecule has 1 aromatic carbocycles. The van der Waals surface area contributed by atoms with Gasteiger partial charge in [0.25, 0.3) is 5.91 Å². The van der Waals surface area contributed by atoms with Crippen molar-refractivity contribution in [1.29, 1.82) is 0 Å². The smallest absolute Gasteiger partial charge is 0.313 e. The van der Waals surface area contributed by atoms with Gasteiger partial charge in [0.2, 0.25) is 0 Å². The van der Waals surface area contributed by atoms with Gasteiger partial charge in [-0.05, 0) is 50.8 Å². The monoisotopic (exact) mass is 360 g/mol. The fourth-order valence-electron chi connectivity index (χ4n) is 2.45. The summed E-state index contributed by atoms with van der Waals surface area (Å²) < 4.78 is 0. The van der Waals surface area contributed by atoms with E-state index in [1.165, 1.54) is 11.3 Å². The van der Waals surface area contributed by atoms with Crippen molar-refractivity contribution in [2.45, 2.75) is 46.5 Å². The molecule has 1 amide bonds. The first-order valence-corrected chi connectivity index (χ1v) is 9.04. The van der Waals surface area contributed by atoms with Crippen molar-refractivity contribution in [1.82, 2.24) is 4.98 Å². The zero-order chi connectivity index (χ0) is 18.8. The lowest BCUT2D eigenvalue weighted by Crippen LogP contribution is -2.28. The Balaban J connectivity index is 2.18. The number of aromatic nitrogens is 1. The van der Waals surface area contributed by atoms with Gasteiger partial charge in [-0.3, -0.25) is 9.59 Å². The van der Waals surface area contributed by atoms with Crippen LogP contribution in [0, 0.1) is 12.8 Å². The number of rotatable bonds is 6. The summed E-state index contributed by atoms with van der Waals surface area (Å²) in [5.74, 6) is -0.639. The number of hydrogen-bond acceptors (Lipinski definition) is 4. The normalized spacial score (nSPS) is 11.6. The van der Waals surface area contributed by atoms with Crippen LogP contribution in [0.5, 0.6) is 0 Å². The zero-order valence-electron chi connectivity index (χ0n) is 15.2. The Bertz CT molecular complexity index is 776. The molecule has 0 atom stereocenters. The van der Waals surface area contributed by atoms with Gasteiger partial charge in [-0.2, -0.15) is 0 Å². The number of hydrogen-bond donors (Lipinski definition) is 2. The highest BCUT2D eigenvalue weighted by atomic mass is 32.1. The topological polar surface area (TPSA) is 79.3 Å². The molecule has 0 unspecified atom stereocenters. The fraction of sp³-hybridized carbons (Fsp3) is 0.421. The van der Waals surface area contributed by atoms with E-state index in [0.29, 0.717) is 22.0 Å². The number of anilines is 1. The van der Waals surface area contributed by atoms with E-state index in [-0.39, 0.29) is 5.91 Å². The summed E-state index contributed by atoms with van der Waals surface area (Å²) in [7, 11) is 0. The molecule has 6 heteroatoms. The number of aliphatic carboxylic acids is 1. The van der Waals surface area contributed by atoms with Gasteiger partial charge in [-0.1, -0.05) is 26.0 Å². The molecule has 1 heterocycles. The number of benzene rings is 1. The minimum Gasteiger partial charge on any atom is -0.481 e. The van der Waals surface area contributed by atoms with Crippen molar-refractivity contribution in [3.63, 3.8) is 0 Å². The summed E-state index contributed by atoms with van der Waals surface area (Å²) in [5.41, 5.74) is 1.18. The molecule has 2 aromatic rings. The highest BCUT2D eigenvalue weighted by molar-refractivity contribution is 7.13. The second kappa shape index (κ2) is 7.35. The number of aryl methyl sites for hydroxylation is 1. The quantitative estimate of drug-likeness (QED) is 0.806. The van der Waals surface area contributed by atoms with Crippen LogP contribution in [0.4, 0.5) is 5.69 Å².